The molecule has 0 spiro atoms. The van der Waals surface area contributed by atoms with E-state index in [1.165, 1.54) is 13.3 Å². The van der Waals surface area contributed by atoms with Crippen molar-refractivity contribution in [2.45, 2.75) is 26.5 Å². The van der Waals surface area contributed by atoms with E-state index in [0.717, 1.165) is 5.56 Å². The molecule has 3 aromatic rings. The molecule has 230 valence electrons. The first-order valence-corrected chi connectivity index (χ1v) is 14.6. The summed E-state index contributed by atoms with van der Waals surface area (Å²) < 4.78 is 22.4. The van der Waals surface area contributed by atoms with Crippen molar-refractivity contribution < 1.29 is 28.5 Å². The lowest BCUT2D eigenvalue weighted by Gasteiger charge is -2.30. The number of carbonyl (C=O) groups excluding carboxylic acids is 2. The topological polar surface area (TPSA) is 120 Å². The zero-order chi connectivity index (χ0) is 31.6. The first kappa shape index (κ1) is 32.6. The van der Waals surface area contributed by atoms with Gasteiger partial charge in [0, 0.05) is 16.3 Å². The van der Waals surface area contributed by atoms with Crippen LogP contribution in [0.2, 0.25) is 10.0 Å². The number of benzene rings is 3. The molecule has 0 fully saturated rings. The summed E-state index contributed by atoms with van der Waals surface area (Å²) in [5.41, 5.74) is 5.40. The van der Waals surface area contributed by atoms with Crippen molar-refractivity contribution in [1.82, 2.24) is 16.1 Å². The first-order chi connectivity index (χ1) is 21.2. The number of halogens is 2. The highest BCUT2D eigenvalue weighted by Gasteiger charge is 2.32. The third-order valence-corrected chi connectivity index (χ3v) is 7.02. The normalized spacial score (nSPS) is 14.5. The van der Waals surface area contributed by atoms with E-state index in [-0.39, 0.29) is 19.8 Å². The zero-order valence-electron chi connectivity index (χ0n) is 24.1. The Morgan fingerprint density at radius 2 is 1.86 bits per heavy atom. The van der Waals surface area contributed by atoms with Crippen LogP contribution in [0.25, 0.3) is 0 Å². The van der Waals surface area contributed by atoms with Crippen molar-refractivity contribution in [2.24, 2.45) is 5.10 Å². The van der Waals surface area contributed by atoms with Gasteiger partial charge in [-0.25, -0.2) is 10.2 Å². The van der Waals surface area contributed by atoms with Gasteiger partial charge in [0.2, 0.25) is 0 Å². The molecule has 0 aromatic heterocycles. The summed E-state index contributed by atoms with van der Waals surface area (Å²) in [6, 6.07) is 17.0. The molecule has 3 N–H and O–H groups in total. The quantitative estimate of drug-likeness (QED) is 0.101. The van der Waals surface area contributed by atoms with Gasteiger partial charge in [0.1, 0.15) is 12.4 Å². The maximum absolute atomic E-state index is 12.7. The van der Waals surface area contributed by atoms with E-state index in [1.807, 2.05) is 12.1 Å². The van der Waals surface area contributed by atoms with E-state index in [2.05, 4.69) is 21.2 Å². The van der Waals surface area contributed by atoms with Crippen molar-refractivity contribution in [3.8, 4) is 17.2 Å². The number of amides is 1. The van der Waals surface area contributed by atoms with Gasteiger partial charge in [0.15, 0.2) is 23.2 Å². The van der Waals surface area contributed by atoms with Gasteiger partial charge < -0.3 is 29.6 Å². The Kier molecular flexibility index (Phi) is 11.4. The maximum Gasteiger partial charge on any atom is 0.338 e. The molecule has 4 rings (SSSR count). The Labute approximate surface area is 270 Å². The van der Waals surface area contributed by atoms with Crippen LogP contribution >= 0.6 is 35.4 Å². The summed E-state index contributed by atoms with van der Waals surface area (Å²) in [6.45, 7) is 3.58. The van der Waals surface area contributed by atoms with Gasteiger partial charge in [-0.05, 0) is 67.5 Å². The van der Waals surface area contributed by atoms with E-state index in [4.69, 9.17) is 54.4 Å². The molecule has 1 amide bonds. The van der Waals surface area contributed by atoms with Gasteiger partial charge in [0.25, 0.3) is 5.91 Å². The number of allylic oxidation sites excluding steroid dienone is 1. The molecule has 13 heteroatoms. The Morgan fingerprint density at radius 1 is 1.07 bits per heavy atom. The average Bonchev–Trinajstić information content (AvgIpc) is 2.99. The summed E-state index contributed by atoms with van der Waals surface area (Å²) in [6.07, 6.45) is 1.42. The fraction of sp³-hybridized carbons (Fsp3) is 0.226. The fourth-order valence-corrected chi connectivity index (χ4v) is 5.11. The van der Waals surface area contributed by atoms with Gasteiger partial charge in [-0.15, -0.1) is 0 Å². The van der Waals surface area contributed by atoms with Gasteiger partial charge in [-0.3, -0.25) is 4.79 Å². The second-order valence-corrected chi connectivity index (χ2v) is 10.6. The van der Waals surface area contributed by atoms with Crippen molar-refractivity contribution in [3.05, 3.63) is 98.7 Å². The molecule has 44 heavy (non-hydrogen) atoms. The van der Waals surface area contributed by atoms with Crippen LogP contribution in [-0.4, -0.2) is 43.5 Å². The van der Waals surface area contributed by atoms with Crippen LogP contribution < -0.4 is 30.3 Å². The fourth-order valence-electron chi connectivity index (χ4n) is 4.35. The molecule has 0 bridgehead atoms. The summed E-state index contributed by atoms with van der Waals surface area (Å²) in [5.74, 6) is 0.138. The molecule has 1 aliphatic rings. The predicted molar refractivity (Wildman–Crippen MR) is 172 cm³/mol. The molecule has 1 atom stereocenters. The third kappa shape index (κ3) is 8.40. The standard InChI is InChI=1S/C31H30Cl2N4O6S/c1-4-41-30(39)27-18(2)35-31(44)36-28(27)22-10-5-6-11-24(22)42-17-26(38)37-34-15-20-13-23(33)29(25(14-20)40-3)43-16-19-8-7-9-21(32)12-19/h5-15,28H,4,16-17H2,1-3H3,(H,37,38)(H2,35,36,44)/t28-/m0/s1. The second kappa shape index (κ2) is 15.4. The molecule has 10 nitrogen and oxygen atoms in total. The number of hydrazone groups is 1. The van der Waals surface area contributed by atoms with Gasteiger partial charge in [0.05, 0.1) is 36.6 Å². The highest BCUT2D eigenvalue weighted by atomic mass is 35.5. The van der Waals surface area contributed by atoms with Gasteiger partial charge in [-0.1, -0.05) is 53.5 Å². The first-order valence-electron chi connectivity index (χ1n) is 13.4. The Hall–Kier alpha value is -4.32. The number of hydrogen-bond donors (Lipinski definition) is 3. The monoisotopic (exact) mass is 656 g/mol. The number of esters is 1. The number of ether oxygens (including phenoxy) is 4. The molecule has 0 unspecified atom stereocenters. The third-order valence-electron chi connectivity index (χ3n) is 6.28. The minimum atomic E-state index is -0.641. The van der Waals surface area contributed by atoms with Crippen LogP contribution in [0.5, 0.6) is 17.2 Å². The largest absolute Gasteiger partial charge is 0.493 e. The van der Waals surface area contributed by atoms with Gasteiger partial charge in [-0.2, -0.15) is 5.10 Å². The van der Waals surface area contributed by atoms with Crippen LogP contribution in [0.4, 0.5) is 0 Å². The molecule has 0 aliphatic carbocycles. The zero-order valence-corrected chi connectivity index (χ0v) is 26.4. The van der Waals surface area contributed by atoms with Crippen LogP contribution in [0.1, 0.15) is 36.6 Å². The van der Waals surface area contributed by atoms with Crippen molar-refractivity contribution >= 4 is 58.6 Å². The van der Waals surface area contributed by atoms with Crippen molar-refractivity contribution in [1.29, 1.82) is 0 Å². The molecule has 0 saturated heterocycles. The number of hydrogen-bond acceptors (Lipinski definition) is 8. The van der Waals surface area contributed by atoms with Crippen LogP contribution in [0.15, 0.2) is 77.0 Å². The minimum Gasteiger partial charge on any atom is -0.493 e. The Morgan fingerprint density at radius 3 is 2.61 bits per heavy atom. The number of para-hydroxylation sites is 1. The number of methoxy groups -OCH3 is 1. The summed E-state index contributed by atoms with van der Waals surface area (Å²) >= 11 is 17.8. The van der Waals surface area contributed by atoms with Crippen LogP contribution in [0.3, 0.4) is 0 Å². The van der Waals surface area contributed by atoms with E-state index in [9.17, 15) is 9.59 Å². The minimum absolute atomic E-state index is 0.215. The number of thiocarbonyl (C=S) groups is 1. The molecule has 0 saturated carbocycles. The number of carbonyl (C=O) groups is 2. The SMILES string of the molecule is CCOC(=O)C1=C(C)NC(=S)N[C@H]1c1ccccc1OCC(=O)NN=Cc1cc(Cl)c(OCc2cccc(Cl)c2)c(OC)c1. The lowest BCUT2D eigenvalue weighted by atomic mass is 9.95. The maximum atomic E-state index is 12.7. The van der Waals surface area contributed by atoms with E-state index >= 15 is 0 Å². The van der Waals surface area contributed by atoms with E-state index < -0.39 is 17.9 Å². The lowest BCUT2D eigenvalue weighted by Crippen LogP contribution is -2.45. The highest BCUT2D eigenvalue weighted by molar-refractivity contribution is 7.80. The number of nitrogens with one attached hydrogen (secondary N) is 3. The van der Waals surface area contributed by atoms with Crippen molar-refractivity contribution in [2.75, 3.05) is 20.3 Å². The number of rotatable bonds is 12. The molecule has 1 aliphatic heterocycles. The highest BCUT2D eigenvalue weighted by Crippen LogP contribution is 2.37. The predicted octanol–water partition coefficient (Wildman–Crippen LogP) is 5.47. The Bertz CT molecular complexity index is 1610. The molecule has 3 aromatic carbocycles. The molecular formula is C31H30Cl2N4O6S. The second-order valence-electron chi connectivity index (χ2n) is 9.36. The summed E-state index contributed by atoms with van der Waals surface area (Å²) in [7, 11) is 1.50. The average molecular weight is 658 g/mol. The van der Waals surface area contributed by atoms with E-state index in [1.54, 1.807) is 62.4 Å². The smallest absolute Gasteiger partial charge is 0.338 e. The summed E-state index contributed by atoms with van der Waals surface area (Å²) in [4.78, 5) is 25.3. The van der Waals surface area contributed by atoms with E-state index in [0.29, 0.717) is 54.8 Å². The molecular weight excluding hydrogens is 627 g/mol. The lowest BCUT2D eigenvalue weighted by molar-refractivity contribution is -0.139. The van der Waals surface area contributed by atoms with Gasteiger partial charge >= 0.3 is 5.97 Å². The van der Waals surface area contributed by atoms with Crippen LogP contribution in [0, 0.1) is 0 Å². The number of nitrogens with zero attached hydrogens (tertiary/aromatic N) is 1. The molecule has 1 heterocycles. The van der Waals surface area contributed by atoms with Crippen molar-refractivity contribution in [3.63, 3.8) is 0 Å². The summed E-state index contributed by atoms with van der Waals surface area (Å²) in [5, 5.41) is 11.3. The molecule has 0 radical (unpaired) electrons. The van der Waals surface area contributed by atoms with Crippen LogP contribution in [-0.2, 0) is 20.9 Å². The Balaban J connectivity index is 1.40.